The monoisotopic (exact) mass is 264 g/mol. The molecule has 0 aliphatic heterocycles. The van der Waals surface area contributed by atoms with Crippen LogP contribution in [-0.4, -0.2) is 42.3 Å². The van der Waals surface area contributed by atoms with E-state index in [9.17, 15) is 9.59 Å². The fraction of sp³-hybridized carbons (Fsp3) is 0.467. The number of benzene rings is 1. The molecule has 0 aromatic heterocycles. The molecule has 0 saturated carbocycles. The molecule has 0 atom stereocenters. The summed E-state index contributed by atoms with van der Waals surface area (Å²) in [6, 6.07) is 9.90. The van der Waals surface area contributed by atoms with Gasteiger partial charge in [0.2, 0.25) is 12.3 Å². The Hall–Kier alpha value is -1.84. The fourth-order valence-electron chi connectivity index (χ4n) is 1.58. The third-order valence-corrected chi connectivity index (χ3v) is 2.66. The molecule has 0 aliphatic carbocycles. The van der Waals surface area contributed by atoms with Crippen molar-refractivity contribution in [1.82, 2.24) is 9.80 Å². The summed E-state index contributed by atoms with van der Waals surface area (Å²) in [5, 5.41) is 0. The first-order valence-corrected chi connectivity index (χ1v) is 6.50. The van der Waals surface area contributed by atoms with Crippen LogP contribution in [0.15, 0.2) is 30.3 Å². The molecule has 4 heteroatoms. The number of carbonyl (C=O) groups excluding carboxylic acids is 2. The van der Waals surface area contributed by atoms with Gasteiger partial charge in [-0.2, -0.15) is 0 Å². The van der Waals surface area contributed by atoms with Crippen molar-refractivity contribution in [3.8, 4) is 0 Å². The van der Waals surface area contributed by atoms with Crippen molar-refractivity contribution < 1.29 is 9.59 Å². The lowest BCUT2D eigenvalue weighted by Gasteiger charge is -2.14. The van der Waals surface area contributed by atoms with E-state index in [4.69, 9.17) is 0 Å². The van der Waals surface area contributed by atoms with Gasteiger partial charge in [0.1, 0.15) is 0 Å². The van der Waals surface area contributed by atoms with E-state index in [2.05, 4.69) is 0 Å². The van der Waals surface area contributed by atoms with Crippen LogP contribution >= 0.6 is 0 Å². The van der Waals surface area contributed by atoms with Crippen molar-refractivity contribution in [3.05, 3.63) is 35.9 Å². The van der Waals surface area contributed by atoms with Gasteiger partial charge in [0.25, 0.3) is 0 Å². The maximum absolute atomic E-state index is 10.5. The minimum Gasteiger partial charge on any atom is -0.344 e. The smallest absolute Gasteiger partial charge is 0.219 e. The normalized spacial score (nSPS) is 9.05. The van der Waals surface area contributed by atoms with E-state index in [-0.39, 0.29) is 5.91 Å². The molecule has 0 saturated heterocycles. The molecular weight excluding hydrogens is 240 g/mol. The SMILES string of the molecule is CCN(CC)C(C)=O.CN(C=O)Cc1ccccc1. The van der Waals surface area contributed by atoms with Crippen LogP contribution in [0.4, 0.5) is 0 Å². The Morgan fingerprint density at radius 3 is 2.00 bits per heavy atom. The van der Waals surface area contributed by atoms with Crippen molar-refractivity contribution in [2.45, 2.75) is 27.3 Å². The Morgan fingerprint density at radius 2 is 1.68 bits per heavy atom. The Morgan fingerprint density at radius 1 is 1.16 bits per heavy atom. The van der Waals surface area contributed by atoms with Crippen LogP contribution in [-0.2, 0) is 16.1 Å². The molecule has 4 nitrogen and oxygen atoms in total. The topological polar surface area (TPSA) is 40.6 Å². The predicted molar refractivity (Wildman–Crippen MR) is 77.6 cm³/mol. The van der Waals surface area contributed by atoms with Crippen LogP contribution in [0.1, 0.15) is 26.3 Å². The Kier molecular flexibility index (Phi) is 9.14. The average Bonchev–Trinajstić information content (AvgIpc) is 2.41. The molecule has 0 heterocycles. The predicted octanol–water partition coefficient (Wildman–Crippen LogP) is 2.15. The van der Waals surface area contributed by atoms with E-state index >= 15 is 0 Å². The van der Waals surface area contributed by atoms with E-state index in [1.165, 1.54) is 0 Å². The first-order chi connectivity index (χ1) is 9.04. The molecule has 1 rings (SSSR count). The van der Waals surface area contributed by atoms with E-state index in [1.54, 1.807) is 23.8 Å². The van der Waals surface area contributed by atoms with Crippen LogP contribution in [0.3, 0.4) is 0 Å². The van der Waals surface area contributed by atoms with Crippen LogP contribution in [0.5, 0.6) is 0 Å². The van der Waals surface area contributed by atoms with Crippen molar-refractivity contribution in [2.75, 3.05) is 20.1 Å². The van der Waals surface area contributed by atoms with Crippen LogP contribution in [0.2, 0.25) is 0 Å². The molecule has 0 unspecified atom stereocenters. The fourth-order valence-corrected chi connectivity index (χ4v) is 1.58. The number of hydrogen-bond acceptors (Lipinski definition) is 2. The van der Waals surface area contributed by atoms with E-state index in [1.807, 2.05) is 44.2 Å². The molecule has 2 amide bonds. The van der Waals surface area contributed by atoms with Crippen molar-refractivity contribution in [2.24, 2.45) is 0 Å². The first-order valence-electron chi connectivity index (χ1n) is 6.50. The standard InChI is InChI=1S/C9H11NO.C6H13NO/c1-10(8-11)7-9-5-3-2-4-6-9;1-4-7(5-2)6(3)8/h2-6,8H,7H2,1H3;4-5H2,1-3H3. The van der Waals surface area contributed by atoms with Gasteiger partial charge in [-0.05, 0) is 19.4 Å². The summed E-state index contributed by atoms with van der Waals surface area (Å²) in [5.74, 6) is 0.162. The molecule has 0 bridgehead atoms. The summed E-state index contributed by atoms with van der Waals surface area (Å²) in [4.78, 5) is 24.2. The summed E-state index contributed by atoms with van der Waals surface area (Å²) < 4.78 is 0. The highest BCUT2D eigenvalue weighted by Crippen LogP contribution is 2.00. The minimum absolute atomic E-state index is 0.162. The zero-order valence-corrected chi connectivity index (χ0v) is 12.3. The van der Waals surface area contributed by atoms with Gasteiger partial charge >= 0.3 is 0 Å². The summed E-state index contributed by atoms with van der Waals surface area (Å²) in [5.41, 5.74) is 1.15. The van der Waals surface area contributed by atoms with E-state index in [0.717, 1.165) is 25.1 Å². The minimum atomic E-state index is 0.162. The van der Waals surface area contributed by atoms with E-state index < -0.39 is 0 Å². The second kappa shape index (κ2) is 10.1. The molecule has 106 valence electrons. The lowest BCUT2D eigenvalue weighted by atomic mass is 10.2. The molecular formula is C15H24N2O2. The van der Waals surface area contributed by atoms with Gasteiger partial charge in [-0.3, -0.25) is 9.59 Å². The molecule has 0 N–H and O–H groups in total. The van der Waals surface area contributed by atoms with Crippen LogP contribution in [0, 0.1) is 0 Å². The van der Waals surface area contributed by atoms with Gasteiger partial charge in [-0.25, -0.2) is 0 Å². The largest absolute Gasteiger partial charge is 0.344 e. The van der Waals surface area contributed by atoms with Gasteiger partial charge in [0, 0.05) is 33.6 Å². The van der Waals surface area contributed by atoms with Crippen molar-refractivity contribution in [3.63, 3.8) is 0 Å². The Labute approximate surface area is 116 Å². The zero-order chi connectivity index (χ0) is 14.7. The number of hydrogen-bond donors (Lipinski definition) is 0. The molecule has 0 radical (unpaired) electrons. The quantitative estimate of drug-likeness (QED) is 0.765. The highest BCUT2D eigenvalue weighted by atomic mass is 16.2. The summed E-state index contributed by atoms with van der Waals surface area (Å²) in [6.07, 6.45) is 0.826. The second-order valence-electron chi connectivity index (χ2n) is 4.20. The molecule has 1 aromatic rings. The van der Waals surface area contributed by atoms with Gasteiger partial charge in [0.15, 0.2) is 0 Å². The zero-order valence-electron chi connectivity index (χ0n) is 12.3. The average molecular weight is 264 g/mol. The summed E-state index contributed by atoms with van der Waals surface area (Å²) in [6.45, 7) is 7.88. The maximum Gasteiger partial charge on any atom is 0.219 e. The molecule has 0 aliphatic rings. The third kappa shape index (κ3) is 7.97. The maximum atomic E-state index is 10.5. The van der Waals surface area contributed by atoms with Crippen LogP contribution in [0.25, 0.3) is 0 Å². The molecule has 0 spiro atoms. The lowest BCUT2D eigenvalue weighted by Crippen LogP contribution is -2.27. The molecule has 1 aromatic carbocycles. The lowest BCUT2D eigenvalue weighted by molar-refractivity contribution is -0.128. The van der Waals surface area contributed by atoms with Crippen LogP contribution < -0.4 is 0 Å². The van der Waals surface area contributed by atoms with Gasteiger partial charge in [-0.1, -0.05) is 30.3 Å². The number of carbonyl (C=O) groups is 2. The van der Waals surface area contributed by atoms with Gasteiger partial charge in [0.05, 0.1) is 0 Å². The molecule has 19 heavy (non-hydrogen) atoms. The van der Waals surface area contributed by atoms with E-state index in [0.29, 0.717) is 6.54 Å². The first kappa shape index (κ1) is 17.2. The second-order valence-corrected chi connectivity index (χ2v) is 4.20. The highest BCUT2D eigenvalue weighted by Gasteiger charge is 1.99. The number of rotatable bonds is 5. The number of nitrogens with zero attached hydrogens (tertiary/aromatic N) is 2. The Balaban J connectivity index is 0.000000362. The molecule has 0 fully saturated rings. The van der Waals surface area contributed by atoms with Gasteiger partial charge in [-0.15, -0.1) is 0 Å². The van der Waals surface area contributed by atoms with Crippen molar-refractivity contribution >= 4 is 12.3 Å². The third-order valence-electron chi connectivity index (χ3n) is 2.66. The van der Waals surface area contributed by atoms with Gasteiger partial charge < -0.3 is 9.80 Å². The number of amides is 2. The highest BCUT2D eigenvalue weighted by molar-refractivity contribution is 5.73. The summed E-state index contributed by atoms with van der Waals surface area (Å²) in [7, 11) is 1.76. The summed E-state index contributed by atoms with van der Waals surface area (Å²) >= 11 is 0. The Bertz CT molecular complexity index is 362. The van der Waals surface area contributed by atoms with Crippen molar-refractivity contribution in [1.29, 1.82) is 0 Å².